The van der Waals surface area contributed by atoms with E-state index in [1.165, 1.54) is 6.20 Å². The largest absolute Gasteiger partial charge is 0.298 e. The normalized spacial score (nSPS) is 25.0. The SMILES string of the molecule is O=Cc1cnn([C@H]2CCS(=O)(=O)C2)c1. The van der Waals surface area contributed by atoms with E-state index in [0.29, 0.717) is 18.3 Å². The molecule has 0 saturated carbocycles. The minimum Gasteiger partial charge on any atom is -0.298 e. The van der Waals surface area contributed by atoms with Gasteiger partial charge in [0, 0.05) is 6.20 Å². The van der Waals surface area contributed by atoms with Crippen molar-refractivity contribution >= 4 is 16.1 Å². The molecule has 0 bridgehead atoms. The Kier molecular flexibility index (Phi) is 2.14. The molecular weight excluding hydrogens is 204 g/mol. The van der Waals surface area contributed by atoms with Crippen molar-refractivity contribution in [3.8, 4) is 0 Å². The van der Waals surface area contributed by atoms with Gasteiger partial charge in [-0.3, -0.25) is 9.48 Å². The molecule has 1 aromatic heterocycles. The molecular formula is C8H10N2O3S. The van der Waals surface area contributed by atoms with Crippen LogP contribution >= 0.6 is 0 Å². The van der Waals surface area contributed by atoms with Gasteiger partial charge in [0.15, 0.2) is 16.1 Å². The molecule has 14 heavy (non-hydrogen) atoms. The Labute approximate surface area is 81.6 Å². The number of rotatable bonds is 2. The molecule has 1 aliphatic heterocycles. The van der Waals surface area contributed by atoms with Crippen LogP contribution in [0.3, 0.4) is 0 Å². The van der Waals surface area contributed by atoms with Gasteiger partial charge in [0.2, 0.25) is 0 Å². The highest BCUT2D eigenvalue weighted by atomic mass is 32.2. The van der Waals surface area contributed by atoms with E-state index in [2.05, 4.69) is 5.10 Å². The highest BCUT2D eigenvalue weighted by Gasteiger charge is 2.29. The van der Waals surface area contributed by atoms with Gasteiger partial charge >= 0.3 is 0 Å². The summed E-state index contributed by atoms with van der Waals surface area (Å²) in [5.74, 6) is 0.348. The average Bonchev–Trinajstić information content (AvgIpc) is 2.70. The molecule has 1 atom stereocenters. The van der Waals surface area contributed by atoms with Gasteiger partial charge in [0.25, 0.3) is 0 Å². The summed E-state index contributed by atoms with van der Waals surface area (Å²) in [5, 5.41) is 3.96. The maximum atomic E-state index is 11.2. The minimum atomic E-state index is -2.89. The number of aromatic nitrogens is 2. The van der Waals surface area contributed by atoms with Crippen LogP contribution in [0.4, 0.5) is 0 Å². The van der Waals surface area contributed by atoms with Crippen LogP contribution in [0.5, 0.6) is 0 Å². The standard InChI is InChI=1S/C8H10N2O3S/c11-5-7-3-9-10(4-7)8-1-2-14(12,13)6-8/h3-5,8H,1-2,6H2/t8-/m0/s1. The van der Waals surface area contributed by atoms with Crippen molar-refractivity contribution in [3.05, 3.63) is 18.0 Å². The van der Waals surface area contributed by atoms with Crippen molar-refractivity contribution in [2.45, 2.75) is 12.5 Å². The Balaban J connectivity index is 2.21. The molecule has 0 radical (unpaired) electrons. The minimum absolute atomic E-state index is 0.103. The van der Waals surface area contributed by atoms with Gasteiger partial charge in [-0.1, -0.05) is 0 Å². The van der Waals surface area contributed by atoms with Crippen molar-refractivity contribution in [2.75, 3.05) is 11.5 Å². The quantitative estimate of drug-likeness (QED) is 0.652. The fraction of sp³-hybridized carbons (Fsp3) is 0.500. The Morgan fingerprint density at radius 2 is 2.36 bits per heavy atom. The summed E-state index contributed by atoms with van der Waals surface area (Å²) in [6, 6.07) is -0.103. The molecule has 0 unspecified atom stereocenters. The van der Waals surface area contributed by atoms with Gasteiger partial charge in [0.1, 0.15) is 0 Å². The first kappa shape index (κ1) is 9.39. The maximum Gasteiger partial charge on any atom is 0.153 e. The molecule has 1 fully saturated rings. The summed E-state index contributed by atoms with van der Waals surface area (Å²) in [6.07, 6.45) is 4.31. The van der Waals surface area contributed by atoms with E-state index >= 15 is 0 Å². The van der Waals surface area contributed by atoms with E-state index < -0.39 is 9.84 Å². The summed E-state index contributed by atoms with van der Waals surface area (Å²) in [4.78, 5) is 10.4. The molecule has 6 heteroatoms. The molecule has 0 aliphatic carbocycles. The van der Waals surface area contributed by atoms with Crippen molar-refractivity contribution < 1.29 is 13.2 Å². The Morgan fingerprint density at radius 1 is 1.57 bits per heavy atom. The molecule has 0 aromatic carbocycles. The first-order valence-corrected chi connectivity index (χ1v) is 6.12. The molecule has 0 spiro atoms. The van der Waals surface area contributed by atoms with Gasteiger partial charge in [-0.05, 0) is 6.42 Å². The fourth-order valence-electron chi connectivity index (χ4n) is 1.60. The fourth-order valence-corrected chi connectivity index (χ4v) is 3.30. The maximum absolute atomic E-state index is 11.2. The number of aldehydes is 1. The van der Waals surface area contributed by atoms with Crippen molar-refractivity contribution in [1.82, 2.24) is 9.78 Å². The van der Waals surface area contributed by atoms with Crippen LogP contribution in [0.2, 0.25) is 0 Å². The number of hydrogen-bond acceptors (Lipinski definition) is 4. The zero-order chi connectivity index (χ0) is 10.2. The number of carbonyl (C=O) groups is 1. The van der Waals surface area contributed by atoms with Gasteiger partial charge < -0.3 is 0 Å². The number of carbonyl (C=O) groups excluding carboxylic acids is 1. The molecule has 5 nitrogen and oxygen atoms in total. The summed E-state index contributed by atoms with van der Waals surface area (Å²) >= 11 is 0. The first-order valence-electron chi connectivity index (χ1n) is 4.30. The lowest BCUT2D eigenvalue weighted by molar-refractivity contribution is 0.112. The summed E-state index contributed by atoms with van der Waals surface area (Å²) in [5.41, 5.74) is 0.481. The second-order valence-corrected chi connectivity index (χ2v) is 5.66. The van der Waals surface area contributed by atoms with E-state index in [-0.39, 0.29) is 17.5 Å². The monoisotopic (exact) mass is 214 g/mol. The van der Waals surface area contributed by atoms with E-state index in [1.807, 2.05) is 0 Å². The van der Waals surface area contributed by atoms with Crippen LogP contribution in [-0.2, 0) is 9.84 Å². The predicted octanol–water partition coefficient (Wildman–Crippen LogP) is 0.0552. The summed E-state index contributed by atoms with van der Waals surface area (Å²) in [7, 11) is -2.89. The molecule has 0 N–H and O–H groups in total. The number of sulfone groups is 1. The molecule has 76 valence electrons. The van der Waals surface area contributed by atoms with Crippen LogP contribution in [0.25, 0.3) is 0 Å². The zero-order valence-corrected chi connectivity index (χ0v) is 8.27. The van der Waals surface area contributed by atoms with Crippen LogP contribution in [0.1, 0.15) is 22.8 Å². The number of nitrogens with zero attached hydrogens (tertiary/aromatic N) is 2. The van der Waals surface area contributed by atoms with Gasteiger partial charge in [-0.15, -0.1) is 0 Å². The predicted molar refractivity (Wildman–Crippen MR) is 49.9 cm³/mol. The molecule has 1 aromatic rings. The summed E-state index contributed by atoms with van der Waals surface area (Å²) < 4.78 is 23.9. The van der Waals surface area contributed by atoms with Crippen LogP contribution in [-0.4, -0.2) is 36.0 Å². The highest BCUT2D eigenvalue weighted by Crippen LogP contribution is 2.22. The third kappa shape index (κ3) is 1.70. The van der Waals surface area contributed by atoms with Crippen LogP contribution < -0.4 is 0 Å². The van der Waals surface area contributed by atoms with Gasteiger partial charge in [-0.25, -0.2) is 8.42 Å². The zero-order valence-electron chi connectivity index (χ0n) is 7.46. The Morgan fingerprint density at radius 3 is 2.86 bits per heavy atom. The molecule has 2 rings (SSSR count). The van der Waals surface area contributed by atoms with E-state index in [4.69, 9.17) is 0 Å². The lowest BCUT2D eigenvalue weighted by Crippen LogP contribution is -2.11. The van der Waals surface area contributed by atoms with Crippen molar-refractivity contribution in [1.29, 1.82) is 0 Å². The third-order valence-electron chi connectivity index (χ3n) is 2.34. The van der Waals surface area contributed by atoms with E-state index in [9.17, 15) is 13.2 Å². The smallest absolute Gasteiger partial charge is 0.153 e. The number of hydrogen-bond donors (Lipinski definition) is 0. The van der Waals surface area contributed by atoms with Crippen LogP contribution in [0.15, 0.2) is 12.4 Å². The second-order valence-electron chi connectivity index (χ2n) is 3.43. The Bertz CT molecular complexity index is 449. The molecule has 2 heterocycles. The van der Waals surface area contributed by atoms with Crippen LogP contribution in [0, 0.1) is 0 Å². The van der Waals surface area contributed by atoms with Crippen molar-refractivity contribution in [3.63, 3.8) is 0 Å². The summed E-state index contributed by atoms with van der Waals surface area (Å²) in [6.45, 7) is 0. The third-order valence-corrected chi connectivity index (χ3v) is 4.09. The van der Waals surface area contributed by atoms with Gasteiger partial charge in [0.05, 0.1) is 29.3 Å². The molecule has 1 saturated heterocycles. The van der Waals surface area contributed by atoms with E-state index in [1.54, 1.807) is 10.9 Å². The topological polar surface area (TPSA) is 69.0 Å². The molecule has 0 amide bonds. The lowest BCUT2D eigenvalue weighted by Gasteiger charge is -2.06. The highest BCUT2D eigenvalue weighted by molar-refractivity contribution is 7.91. The second kappa shape index (κ2) is 3.20. The molecule has 1 aliphatic rings. The van der Waals surface area contributed by atoms with Crippen molar-refractivity contribution in [2.24, 2.45) is 0 Å². The lowest BCUT2D eigenvalue weighted by atomic mass is 10.3. The Hall–Kier alpha value is -1.17. The first-order chi connectivity index (χ1) is 6.61. The van der Waals surface area contributed by atoms with Gasteiger partial charge in [-0.2, -0.15) is 5.10 Å². The van der Waals surface area contributed by atoms with E-state index in [0.717, 1.165) is 0 Å². The average molecular weight is 214 g/mol.